The number of pyridine rings is 1. The van der Waals surface area contributed by atoms with Crippen molar-refractivity contribution in [2.24, 2.45) is 0 Å². The number of nitrogens with zero attached hydrogens (tertiary/aromatic N) is 3. The van der Waals surface area contributed by atoms with E-state index in [1.54, 1.807) is 12.4 Å². The Hall–Kier alpha value is -0.880. The number of hydrogen-bond donors (Lipinski definition) is 1. The molecule has 0 saturated carbocycles. The topological polar surface area (TPSA) is 42.7 Å². The standard InChI is InChI=1S/C11H12Br2N4/c1-8(6-17-3-2-14-7-17)16-11-10(13)4-9(12)5-15-11/h2-5,7-8H,6H2,1H3,(H,15,16). The van der Waals surface area contributed by atoms with Gasteiger partial charge >= 0.3 is 0 Å². The number of hydrogen-bond acceptors (Lipinski definition) is 3. The van der Waals surface area contributed by atoms with E-state index in [1.807, 2.05) is 23.2 Å². The van der Waals surface area contributed by atoms with Crippen LogP contribution in [0.5, 0.6) is 0 Å². The molecule has 0 amide bonds. The van der Waals surface area contributed by atoms with Crippen LogP contribution in [0.1, 0.15) is 6.92 Å². The molecule has 2 rings (SSSR count). The first-order valence-corrected chi connectivity index (χ1v) is 6.77. The van der Waals surface area contributed by atoms with E-state index in [2.05, 4.69) is 54.1 Å². The monoisotopic (exact) mass is 358 g/mol. The number of anilines is 1. The van der Waals surface area contributed by atoms with Gasteiger partial charge in [-0.2, -0.15) is 0 Å². The van der Waals surface area contributed by atoms with Gasteiger partial charge in [0.25, 0.3) is 0 Å². The minimum atomic E-state index is 0.272. The van der Waals surface area contributed by atoms with Gasteiger partial charge in [-0.25, -0.2) is 9.97 Å². The van der Waals surface area contributed by atoms with E-state index < -0.39 is 0 Å². The second kappa shape index (κ2) is 5.64. The molecule has 0 bridgehead atoms. The molecule has 2 aromatic rings. The number of rotatable bonds is 4. The average molecular weight is 360 g/mol. The summed E-state index contributed by atoms with van der Waals surface area (Å²) < 4.78 is 3.94. The molecular weight excluding hydrogens is 348 g/mol. The Morgan fingerprint density at radius 3 is 2.94 bits per heavy atom. The van der Waals surface area contributed by atoms with E-state index in [9.17, 15) is 0 Å². The van der Waals surface area contributed by atoms with Crippen molar-refractivity contribution in [3.8, 4) is 0 Å². The lowest BCUT2D eigenvalue weighted by atomic mass is 10.3. The van der Waals surface area contributed by atoms with Crippen LogP contribution < -0.4 is 5.32 Å². The molecule has 0 aromatic carbocycles. The van der Waals surface area contributed by atoms with Crippen LogP contribution in [0, 0.1) is 0 Å². The lowest BCUT2D eigenvalue weighted by Gasteiger charge is -2.16. The van der Waals surface area contributed by atoms with Gasteiger partial charge in [-0.3, -0.25) is 0 Å². The summed E-state index contributed by atoms with van der Waals surface area (Å²) in [5, 5.41) is 3.35. The average Bonchev–Trinajstić information content (AvgIpc) is 2.75. The Morgan fingerprint density at radius 1 is 1.47 bits per heavy atom. The third-order valence-electron chi connectivity index (χ3n) is 2.23. The molecule has 2 aromatic heterocycles. The highest BCUT2D eigenvalue weighted by atomic mass is 79.9. The fraction of sp³-hybridized carbons (Fsp3) is 0.273. The molecule has 2 heterocycles. The predicted molar refractivity (Wildman–Crippen MR) is 74.9 cm³/mol. The molecule has 6 heteroatoms. The van der Waals surface area contributed by atoms with Gasteiger partial charge in [-0.05, 0) is 44.8 Å². The molecule has 1 atom stereocenters. The van der Waals surface area contributed by atoms with E-state index in [-0.39, 0.29) is 6.04 Å². The molecule has 1 unspecified atom stereocenters. The first-order valence-electron chi connectivity index (χ1n) is 5.18. The Morgan fingerprint density at radius 2 is 2.29 bits per heavy atom. The minimum absolute atomic E-state index is 0.272. The smallest absolute Gasteiger partial charge is 0.140 e. The Bertz CT molecular complexity index is 484. The van der Waals surface area contributed by atoms with E-state index >= 15 is 0 Å². The maximum Gasteiger partial charge on any atom is 0.140 e. The molecule has 0 radical (unpaired) electrons. The summed E-state index contributed by atoms with van der Waals surface area (Å²) in [7, 11) is 0. The normalized spacial score (nSPS) is 12.4. The van der Waals surface area contributed by atoms with Crippen LogP contribution in [0.4, 0.5) is 5.82 Å². The molecule has 0 aliphatic carbocycles. The van der Waals surface area contributed by atoms with Crippen molar-refractivity contribution >= 4 is 37.7 Å². The highest BCUT2D eigenvalue weighted by Crippen LogP contribution is 2.24. The van der Waals surface area contributed by atoms with Gasteiger partial charge in [-0.15, -0.1) is 0 Å². The molecule has 17 heavy (non-hydrogen) atoms. The van der Waals surface area contributed by atoms with E-state index in [1.165, 1.54) is 0 Å². The van der Waals surface area contributed by atoms with E-state index in [0.29, 0.717) is 0 Å². The molecular formula is C11H12Br2N4. The summed E-state index contributed by atoms with van der Waals surface area (Å²) >= 11 is 6.86. The van der Waals surface area contributed by atoms with Crippen LogP contribution in [-0.2, 0) is 6.54 Å². The van der Waals surface area contributed by atoms with Crippen molar-refractivity contribution < 1.29 is 0 Å². The van der Waals surface area contributed by atoms with Gasteiger partial charge in [0.1, 0.15) is 5.82 Å². The zero-order valence-electron chi connectivity index (χ0n) is 9.27. The van der Waals surface area contributed by atoms with Crippen LogP contribution in [0.25, 0.3) is 0 Å². The van der Waals surface area contributed by atoms with Gasteiger partial charge in [0.2, 0.25) is 0 Å². The third-order valence-corrected chi connectivity index (χ3v) is 3.27. The summed E-state index contributed by atoms with van der Waals surface area (Å²) in [4.78, 5) is 8.33. The fourth-order valence-electron chi connectivity index (χ4n) is 1.51. The summed E-state index contributed by atoms with van der Waals surface area (Å²) in [5.74, 6) is 0.848. The van der Waals surface area contributed by atoms with Crippen molar-refractivity contribution in [2.75, 3.05) is 5.32 Å². The van der Waals surface area contributed by atoms with Crippen molar-refractivity contribution in [1.82, 2.24) is 14.5 Å². The van der Waals surface area contributed by atoms with Crippen molar-refractivity contribution in [1.29, 1.82) is 0 Å². The van der Waals surface area contributed by atoms with Gasteiger partial charge in [-0.1, -0.05) is 0 Å². The molecule has 0 spiro atoms. The Kier molecular flexibility index (Phi) is 4.17. The van der Waals surface area contributed by atoms with Gasteiger partial charge in [0.15, 0.2) is 0 Å². The lowest BCUT2D eigenvalue weighted by molar-refractivity contribution is 0.617. The number of imidazole rings is 1. The van der Waals surface area contributed by atoms with Gasteiger partial charge in [0, 0.05) is 35.6 Å². The number of aromatic nitrogens is 3. The summed E-state index contributed by atoms with van der Waals surface area (Å²) in [6, 6.07) is 2.24. The highest BCUT2D eigenvalue weighted by molar-refractivity contribution is 9.11. The van der Waals surface area contributed by atoms with Crippen LogP contribution in [0.3, 0.4) is 0 Å². The first kappa shape index (κ1) is 12.6. The first-order chi connectivity index (χ1) is 8.15. The summed E-state index contributed by atoms with van der Waals surface area (Å²) in [6.07, 6.45) is 7.31. The van der Waals surface area contributed by atoms with Crippen molar-refractivity contribution in [3.05, 3.63) is 39.9 Å². The van der Waals surface area contributed by atoms with Crippen LogP contribution in [0.2, 0.25) is 0 Å². The minimum Gasteiger partial charge on any atom is -0.365 e. The molecule has 0 saturated heterocycles. The van der Waals surface area contributed by atoms with E-state index in [4.69, 9.17) is 0 Å². The molecule has 1 N–H and O–H groups in total. The maximum absolute atomic E-state index is 4.32. The summed E-state index contributed by atoms with van der Waals surface area (Å²) in [6.45, 7) is 2.96. The number of halogens is 2. The zero-order chi connectivity index (χ0) is 12.3. The summed E-state index contributed by atoms with van der Waals surface area (Å²) in [5.41, 5.74) is 0. The predicted octanol–water partition coefficient (Wildman–Crippen LogP) is 3.30. The fourth-order valence-corrected chi connectivity index (χ4v) is 2.61. The SMILES string of the molecule is CC(Cn1ccnc1)Nc1ncc(Br)cc1Br. The second-order valence-electron chi connectivity index (χ2n) is 3.79. The van der Waals surface area contributed by atoms with Crippen molar-refractivity contribution in [3.63, 3.8) is 0 Å². The quantitative estimate of drug-likeness (QED) is 0.910. The molecule has 0 aliphatic heterocycles. The highest BCUT2D eigenvalue weighted by Gasteiger charge is 2.07. The third kappa shape index (κ3) is 3.54. The van der Waals surface area contributed by atoms with E-state index in [0.717, 1.165) is 21.3 Å². The van der Waals surface area contributed by atoms with Crippen LogP contribution >= 0.6 is 31.9 Å². The lowest BCUT2D eigenvalue weighted by Crippen LogP contribution is -2.22. The van der Waals surface area contributed by atoms with Gasteiger partial charge < -0.3 is 9.88 Å². The molecule has 4 nitrogen and oxygen atoms in total. The molecule has 0 fully saturated rings. The Labute approximate surface area is 117 Å². The largest absolute Gasteiger partial charge is 0.365 e. The second-order valence-corrected chi connectivity index (χ2v) is 5.56. The van der Waals surface area contributed by atoms with Crippen LogP contribution in [0.15, 0.2) is 39.9 Å². The van der Waals surface area contributed by atoms with Gasteiger partial charge in [0.05, 0.1) is 10.8 Å². The number of nitrogens with one attached hydrogen (secondary N) is 1. The van der Waals surface area contributed by atoms with Crippen LogP contribution in [-0.4, -0.2) is 20.6 Å². The molecule has 0 aliphatic rings. The maximum atomic E-state index is 4.32. The van der Waals surface area contributed by atoms with Crippen molar-refractivity contribution in [2.45, 2.75) is 19.5 Å². The molecule has 90 valence electrons. The Balaban J connectivity index is 2.00. The zero-order valence-corrected chi connectivity index (χ0v) is 12.4.